The van der Waals surface area contributed by atoms with Crippen LogP contribution in [0.15, 0.2) is 40.0 Å². The number of methoxy groups -OCH3 is 1. The van der Waals surface area contributed by atoms with E-state index in [1.165, 1.54) is 10.6 Å². The largest absolute Gasteiger partial charge is 0.496 e. The quantitative estimate of drug-likeness (QED) is 0.334. The number of rotatable bonds is 6. The van der Waals surface area contributed by atoms with Crippen LogP contribution >= 0.6 is 24.0 Å². The van der Waals surface area contributed by atoms with Gasteiger partial charge in [-0.25, -0.2) is 8.42 Å². The zero-order chi connectivity index (χ0) is 20.9. The number of hydrogen-bond donors (Lipinski definition) is 1. The fourth-order valence-electron chi connectivity index (χ4n) is 3.33. The van der Waals surface area contributed by atoms with Crippen molar-refractivity contribution in [2.75, 3.05) is 40.3 Å². The van der Waals surface area contributed by atoms with Gasteiger partial charge in [0.05, 0.1) is 12.8 Å². The molecule has 1 aromatic heterocycles. The van der Waals surface area contributed by atoms with Crippen molar-refractivity contribution in [1.82, 2.24) is 19.7 Å². The van der Waals surface area contributed by atoms with Crippen molar-refractivity contribution in [3.63, 3.8) is 0 Å². The molecule has 0 bridgehead atoms. The second-order valence-corrected chi connectivity index (χ2v) is 8.81. The molecule has 2 aromatic rings. The van der Waals surface area contributed by atoms with Crippen LogP contribution in [0.3, 0.4) is 0 Å². The monoisotopic (exact) mass is 549 g/mol. The van der Waals surface area contributed by atoms with E-state index in [0.29, 0.717) is 38.4 Å². The Morgan fingerprint density at radius 3 is 2.57 bits per heavy atom. The highest BCUT2D eigenvalue weighted by Gasteiger charge is 2.28. The molecule has 9 nitrogen and oxygen atoms in total. The van der Waals surface area contributed by atoms with Crippen molar-refractivity contribution >= 4 is 40.0 Å². The molecule has 1 aliphatic heterocycles. The topological polar surface area (TPSA) is 100 Å². The predicted molar refractivity (Wildman–Crippen MR) is 126 cm³/mol. The van der Waals surface area contributed by atoms with Crippen molar-refractivity contribution < 1.29 is 17.7 Å². The second-order valence-electron chi connectivity index (χ2n) is 6.84. The molecule has 1 fully saturated rings. The Morgan fingerprint density at radius 2 is 2.00 bits per heavy atom. The second kappa shape index (κ2) is 11.0. The van der Waals surface area contributed by atoms with E-state index in [-0.39, 0.29) is 29.7 Å². The highest BCUT2D eigenvalue weighted by atomic mass is 127. The number of ether oxygens (including phenoxy) is 1. The molecule has 1 N–H and O–H groups in total. The maximum Gasteiger partial charge on any atom is 0.220 e. The Bertz CT molecular complexity index is 942. The molecule has 11 heteroatoms. The molecule has 0 atom stereocenters. The number of nitrogens with one attached hydrogen (secondary N) is 1. The minimum absolute atomic E-state index is 0. The van der Waals surface area contributed by atoms with Gasteiger partial charge in [-0.15, -0.1) is 24.0 Å². The summed E-state index contributed by atoms with van der Waals surface area (Å²) in [5, 5.41) is 7.05. The number of guanidine groups is 1. The summed E-state index contributed by atoms with van der Waals surface area (Å²) in [6.45, 7) is 4.59. The molecule has 166 valence electrons. The van der Waals surface area contributed by atoms with Gasteiger partial charge in [0.15, 0.2) is 5.96 Å². The molecule has 0 radical (unpaired) electrons. The third-order valence-corrected chi connectivity index (χ3v) is 6.69. The maximum absolute atomic E-state index is 12.6. The van der Waals surface area contributed by atoms with E-state index < -0.39 is 10.0 Å². The van der Waals surface area contributed by atoms with Crippen molar-refractivity contribution in [1.29, 1.82) is 0 Å². The Balaban J connectivity index is 0.00000320. The highest BCUT2D eigenvalue weighted by molar-refractivity contribution is 14.0. The van der Waals surface area contributed by atoms with Crippen LogP contribution in [0, 0.1) is 6.92 Å². The molecule has 0 unspecified atom stereocenters. The van der Waals surface area contributed by atoms with Gasteiger partial charge in [-0.05, 0) is 24.1 Å². The number of sulfonamides is 1. The standard InChI is InChI=1S/C19H27N5O4S.HI/c1-15-12-16(4-5-18(15)27-3)13-21-19(20-2)23-7-9-24(10-8-23)29(25,26)14-17-6-11-28-22-17;/h4-6,11-12H,7-10,13-14H2,1-3H3,(H,20,21);1H. The number of benzene rings is 1. The lowest BCUT2D eigenvalue weighted by Gasteiger charge is -2.35. The number of aryl methyl sites for hydroxylation is 1. The van der Waals surface area contributed by atoms with Crippen LogP contribution in [0.25, 0.3) is 0 Å². The van der Waals surface area contributed by atoms with Gasteiger partial charge < -0.3 is 19.5 Å². The summed E-state index contributed by atoms with van der Waals surface area (Å²) < 4.78 is 36.6. The molecule has 30 heavy (non-hydrogen) atoms. The van der Waals surface area contributed by atoms with Crippen molar-refractivity contribution in [2.24, 2.45) is 4.99 Å². The third kappa shape index (κ3) is 6.08. The molecular formula is C19H28IN5O4S. The summed E-state index contributed by atoms with van der Waals surface area (Å²) >= 11 is 0. The summed E-state index contributed by atoms with van der Waals surface area (Å²) in [5.74, 6) is 1.47. The lowest BCUT2D eigenvalue weighted by Crippen LogP contribution is -2.53. The molecule has 1 aromatic carbocycles. The zero-order valence-electron chi connectivity index (χ0n) is 17.4. The summed E-state index contributed by atoms with van der Waals surface area (Å²) in [6.07, 6.45) is 1.38. The van der Waals surface area contributed by atoms with Crippen molar-refractivity contribution in [3.8, 4) is 5.75 Å². The van der Waals surface area contributed by atoms with E-state index in [4.69, 9.17) is 9.26 Å². The van der Waals surface area contributed by atoms with Crippen LogP contribution in [0.2, 0.25) is 0 Å². The van der Waals surface area contributed by atoms with Gasteiger partial charge in [-0.1, -0.05) is 17.3 Å². The van der Waals surface area contributed by atoms with Crippen LogP contribution in [-0.4, -0.2) is 69.1 Å². The van der Waals surface area contributed by atoms with Gasteiger partial charge in [0.2, 0.25) is 10.0 Å². The first-order valence-corrected chi connectivity index (χ1v) is 11.0. The third-order valence-electron chi connectivity index (χ3n) is 4.87. The number of hydrogen-bond acceptors (Lipinski definition) is 6. The molecular weight excluding hydrogens is 521 g/mol. The Morgan fingerprint density at radius 1 is 1.27 bits per heavy atom. The van der Waals surface area contributed by atoms with Gasteiger partial charge in [0.1, 0.15) is 17.8 Å². The van der Waals surface area contributed by atoms with Gasteiger partial charge in [0.25, 0.3) is 0 Å². The smallest absolute Gasteiger partial charge is 0.220 e. The lowest BCUT2D eigenvalue weighted by molar-refractivity contribution is 0.259. The summed E-state index contributed by atoms with van der Waals surface area (Å²) in [7, 11) is -0.0250. The Kier molecular flexibility index (Phi) is 8.92. The molecule has 1 saturated heterocycles. The van der Waals surface area contributed by atoms with E-state index in [9.17, 15) is 8.42 Å². The molecule has 3 rings (SSSR count). The van der Waals surface area contributed by atoms with Gasteiger partial charge in [0, 0.05) is 45.8 Å². The van der Waals surface area contributed by atoms with Crippen LogP contribution in [0.1, 0.15) is 16.8 Å². The van der Waals surface area contributed by atoms with E-state index in [0.717, 1.165) is 22.8 Å². The SMILES string of the molecule is CN=C(NCc1ccc(OC)c(C)c1)N1CCN(S(=O)(=O)Cc2ccon2)CC1.I. The van der Waals surface area contributed by atoms with Crippen LogP contribution < -0.4 is 10.1 Å². The van der Waals surface area contributed by atoms with Crippen LogP contribution in [0.5, 0.6) is 5.75 Å². The summed E-state index contributed by atoms with van der Waals surface area (Å²) in [6, 6.07) is 7.61. The fraction of sp³-hybridized carbons (Fsp3) is 0.474. The Hall–Kier alpha value is -1.86. The van der Waals surface area contributed by atoms with Crippen molar-refractivity contribution in [3.05, 3.63) is 47.3 Å². The molecule has 2 heterocycles. The minimum Gasteiger partial charge on any atom is -0.496 e. The first-order chi connectivity index (χ1) is 13.9. The van der Waals surface area contributed by atoms with Crippen LogP contribution in [0.4, 0.5) is 0 Å². The zero-order valence-corrected chi connectivity index (χ0v) is 20.5. The van der Waals surface area contributed by atoms with E-state index in [1.807, 2.05) is 19.1 Å². The normalized spacial score (nSPS) is 15.6. The number of aliphatic imine (C=N–C) groups is 1. The lowest BCUT2D eigenvalue weighted by atomic mass is 10.1. The maximum atomic E-state index is 12.6. The molecule has 0 saturated carbocycles. The van der Waals surface area contributed by atoms with E-state index in [2.05, 4.69) is 26.4 Å². The van der Waals surface area contributed by atoms with Crippen LogP contribution in [-0.2, 0) is 22.3 Å². The van der Waals surface area contributed by atoms with E-state index >= 15 is 0 Å². The first kappa shape index (κ1) is 24.4. The van der Waals surface area contributed by atoms with E-state index in [1.54, 1.807) is 20.2 Å². The number of aromatic nitrogens is 1. The molecule has 1 aliphatic rings. The first-order valence-electron chi connectivity index (χ1n) is 9.39. The summed E-state index contributed by atoms with van der Waals surface area (Å²) in [4.78, 5) is 6.42. The Labute approximate surface area is 194 Å². The summed E-state index contributed by atoms with van der Waals surface area (Å²) in [5.41, 5.74) is 2.62. The average molecular weight is 549 g/mol. The predicted octanol–water partition coefficient (Wildman–Crippen LogP) is 1.83. The molecule has 0 amide bonds. The minimum atomic E-state index is -3.42. The van der Waals surface area contributed by atoms with Gasteiger partial charge in [-0.2, -0.15) is 4.31 Å². The van der Waals surface area contributed by atoms with Gasteiger partial charge >= 0.3 is 0 Å². The molecule has 0 aliphatic carbocycles. The highest BCUT2D eigenvalue weighted by Crippen LogP contribution is 2.18. The fourth-order valence-corrected chi connectivity index (χ4v) is 4.76. The number of piperazine rings is 1. The van der Waals surface area contributed by atoms with Crippen molar-refractivity contribution in [2.45, 2.75) is 19.2 Å². The molecule has 0 spiro atoms. The van der Waals surface area contributed by atoms with Gasteiger partial charge in [-0.3, -0.25) is 4.99 Å². The number of halogens is 1. The number of nitrogens with zero attached hydrogens (tertiary/aromatic N) is 4. The average Bonchev–Trinajstić information content (AvgIpc) is 3.21.